The van der Waals surface area contributed by atoms with Crippen molar-refractivity contribution in [2.24, 2.45) is 5.92 Å². The Morgan fingerprint density at radius 3 is 2.43 bits per heavy atom. The molecule has 1 saturated carbocycles. The monoisotopic (exact) mass is 540 g/mol. The van der Waals surface area contributed by atoms with Gasteiger partial charge in [0.15, 0.2) is 0 Å². The minimum absolute atomic E-state index is 0.0350. The molecule has 1 aliphatic rings. The lowest BCUT2D eigenvalue weighted by Crippen LogP contribution is -2.32. The van der Waals surface area contributed by atoms with Crippen LogP contribution in [0.15, 0.2) is 65.7 Å². The van der Waals surface area contributed by atoms with Crippen LogP contribution in [0.4, 0.5) is 5.95 Å². The normalized spacial score (nSPS) is 14.3. The van der Waals surface area contributed by atoms with Crippen molar-refractivity contribution in [3.8, 4) is 0 Å². The second-order valence-electron chi connectivity index (χ2n) is 9.62. The molecule has 1 aromatic heterocycles. The van der Waals surface area contributed by atoms with Gasteiger partial charge in [0.05, 0.1) is 16.2 Å². The third kappa shape index (κ3) is 7.52. The first-order valence-electron chi connectivity index (χ1n) is 12.8. The second kappa shape index (κ2) is 12.5. The Morgan fingerprint density at radius 1 is 1.03 bits per heavy atom. The lowest BCUT2D eigenvalue weighted by molar-refractivity contribution is 0.0979. The van der Waals surface area contributed by atoms with Crippen LogP contribution in [-0.4, -0.2) is 37.9 Å². The van der Waals surface area contributed by atoms with Crippen molar-refractivity contribution in [1.82, 2.24) is 14.7 Å². The number of rotatable bonds is 10. The third-order valence-corrected chi connectivity index (χ3v) is 8.48. The van der Waals surface area contributed by atoms with E-state index in [1.807, 2.05) is 30.1 Å². The van der Waals surface area contributed by atoms with E-state index in [9.17, 15) is 13.2 Å². The van der Waals surface area contributed by atoms with E-state index >= 15 is 0 Å². The van der Waals surface area contributed by atoms with Crippen molar-refractivity contribution in [2.75, 3.05) is 18.5 Å². The maximum absolute atomic E-state index is 13.2. The Hall–Kier alpha value is -2.97. The SMILES string of the molecule is CN(CCc1ccccc1)c1ncc(C(=O)NS(=O)(=O)c2ccc(Cl)cc2)c(CCC2CCCCC2)n1. The second-order valence-corrected chi connectivity index (χ2v) is 11.7. The van der Waals surface area contributed by atoms with Crippen LogP contribution in [0.2, 0.25) is 5.02 Å². The van der Waals surface area contributed by atoms with Gasteiger partial charge in [-0.1, -0.05) is 74.0 Å². The van der Waals surface area contributed by atoms with Crippen molar-refractivity contribution < 1.29 is 13.2 Å². The van der Waals surface area contributed by atoms with Gasteiger partial charge in [-0.15, -0.1) is 0 Å². The quantitative estimate of drug-likeness (QED) is 0.368. The topological polar surface area (TPSA) is 92.3 Å². The molecule has 2 aromatic carbocycles. The largest absolute Gasteiger partial charge is 0.344 e. The average Bonchev–Trinajstić information content (AvgIpc) is 2.91. The Labute approximate surface area is 224 Å². The maximum atomic E-state index is 13.2. The molecule has 0 aliphatic heterocycles. The van der Waals surface area contributed by atoms with Crippen molar-refractivity contribution in [3.05, 3.63) is 82.6 Å². The fourth-order valence-corrected chi connectivity index (χ4v) is 5.77. The summed E-state index contributed by atoms with van der Waals surface area (Å²) in [6, 6.07) is 15.9. The van der Waals surface area contributed by atoms with Crippen molar-refractivity contribution >= 4 is 33.5 Å². The van der Waals surface area contributed by atoms with Gasteiger partial charge in [0, 0.05) is 24.8 Å². The number of nitrogens with one attached hydrogen (secondary N) is 1. The molecule has 7 nitrogen and oxygen atoms in total. The van der Waals surface area contributed by atoms with Gasteiger partial charge < -0.3 is 4.90 Å². The number of sulfonamides is 1. The summed E-state index contributed by atoms with van der Waals surface area (Å²) < 4.78 is 27.8. The number of nitrogens with zero attached hydrogens (tertiary/aromatic N) is 3. The van der Waals surface area contributed by atoms with Crippen molar-refractivity contribution in [1.29, 1.82) is 0 Å². The Kier molecular flexibility index (Phi) is 9.16. The van der Waals surface area contributed by atoms with E-state index in [0.717, 1.165) is 12.8 Å². The van der Waals surface area contributed by atoms with Crippen molar-refractivity contribution in [3.63, 3.8) is 0 Å². The van der Waals surface area contributed by atoms with Crippen LogP contribution < -0.4 is 9.62 Å². The summed E-state index contributed by atoms with van der Waals surface area (Å²) >= 11 is 5.88. The summed E-state index contributed by atoms with van der Waals surface area (Å²) in [7, 11) is -2.14. The number of aryl methyl sites for hydroxylation is 1. The average molecular weight is 541 g/mol. The summed E-state index contributed by atoms with van der Waals surface area (Å²) in [5.74, 6) is 0.385. The molecule has 0 spiro atoms. The number of likely N-dealkylation sites (N-methyl/N-ethyl adjacent to an activating group) is 1. The molecule has 196 valence electrons. The van der Waals surface area contributed by atoms with Gasteiger partial charge in [-0.2, -0.15) is 0 Å². The number of carbonyl (C=O) groups excluding carboxylic acids is 1. The van der Waals surface area contributed by atoms with Crippen LogP contribution in [0, 0.1) is 5.92 Å². The molecule has 0 bridgehead atoms. The van der Waals surface area contributed by atoms with Crippen LogP contribution in [0.1, 0.15) is 60.1 Å². The molecule has 1 aliphatic carbocycles. The highest BCUT2D eigenvalue weighted by Crippen LogP contribution is 2.28. The standard InChI is InChI=1S/C28H33ClN4O3S/c1-33(19-18-22-10-6-3-7-11-22)28-30-20-25(26(31-28)17-12-21-8-4-2-5-9-21)27(34)32-37(35,36)24-15-13-23(29)14-16-24/h3,6-7,10-11,13-16,20-21H,2,4-5,8-9,12,17-19H2,1H3,(H,32,34). The van der Waals surface area contributed by atoms with E-state index in [-0.39, 0.29) is 10.5 Å². The number of hydrogen-bond donors (Lipinski definition) is 1. The third-order valence-electron chi connectivity index (χ3n) is 6.88. The molecule has 1 amide bonds. The number of carbonyl (C=O) groups is 1. The zero-order valence-corrected chi connectivity index (χ0v) is 22.6. The zero-order chi connectivity index (χ0) is 26.3. The summed E-state index contributed by atoms with van der Waals surface area (Å²) in [5, 5.41) is 0.413. The Bertz CT molecular complexity index is 1290. The van der Waals surface area contributed by atoms with Crippen LogP contribution >= 0.6 is 11.6 Å². The van der Waals surface area contributed by atoms with Crippen LogP contribution in [-0.2, 0) is 22.9 Å². The predicted molar refractivity (Wildman–Crippen MR) is 146 cm³/mol. The van der Waals surface area contributed by atoms with E-state index in [1.165, 1.54) is 68.1 Å². The number of anilines is 1. The van der Waals surface area contributed by atoms with E-state index in [0.29, 0.717) is 35.5 Å². The van der Waals surface area contributed by atoms with Crippen LogP contribution in [0.25, 0.3) is 0 Å². The molecule has 0 atom stereocenters. The summed E-state index contributed by atoms with van der Waals surface area (Å²) in [6.07, 6.45) is 9.89. The number of halogens is 1. The van der Waals surface area contributed by atoms with Gasteiger partial charge in [0.25, 0.3) is 15.9 Å². The molecule has 1 fully saturated rings. The highest BCUT2D eigenvalue weighted by molar-refractivity contribution is 7.90. The number of hydrogen-bond acceptors (Lipinski definition) is 6. The highest BCUT2D eigenvalue weighted by Gasteiger charge is 2.23. The molecule has 3 aromatic rings. The first kappa shape index (κ1) is 27.1. The van der Waals surface area contributed by atoms with Crippen molar-refractivity contribution in [2.45, 2.75) is 56.3 Å². The molecule has 9 heteroatoms. The molecular weight excluding hydrogens is 508 g/mol. The van der Waals surface area contributed by atoms with Gasteiger partial charge >= 0.3 is 0 Å². The van der Waals surface area contributed by atoms with Crippen LogP contribution in [0.3, 0.4) is 0 Å². The minimum Gasteiger partial charge on any atom is -0.344 e. The molecule has 4 rings (SSSR count). The smallest absolute Gasteiger partial charge is 0.268 e. The highest BCUT2D eigenvalue weighted by atomic mass is 35.5. The van der Waals surface area contributed by atoms with E-state index < -0.39 is 15.9 Å². The molecule has 1 N–H and O–H groups in total. The first-order valence-corrected chi connectivity index (χ1v) is 14.6. The molecule has 0 saturated heterocycles. The van der Waals surface area contributed by atoms with Crippen LogP contribution in [0.5, 0.6) is 0 Å². The Morgan fingerprint density at radius 2 is 1.73 bits per heavy atom. The lowest BCUT2D eigenvalue weighted by atomic mass is 9.85. The lowest BCUT2D eigenvalue weighted by Gasteiger charge is -2.22. The Balaban J connectivity index is 1.53. The molecule has 0 unspecified atom stereocenters. The fraction of sp³-hybridized carbons (Fsp3) is 0.393. The van der Waals surface area contributed by atoms with E-state index in [1.54, 1.807) is 0 Å². The summed E-state index contributed by atoms with van der Waals surface area (Å²) in [4.78, 5) is 24.3. The van der Waals surface area contributed by atoms with E-state index in [4.69, 9.17) is 16.6 Å². The molecule has 37 heavy (non-hydrogen) atoms. The fourth-order valence-electron chi connectivity index (χ4n) is 4.68. The minimum atomic E-state index is -4.07. The predicted octanol–water partition coefficient (Wildman–Crippen LogP) is 5.44. The number of aromatic nitrogens is 2. The summed E-state index contributed by atoms with van der Waals surface area (Å²) in [5.41, 5.74) is 1.98. The van der Waals surface area contributed by atoms with Gasteiger partial charge in [-0.3, -0.25) is 4.79 Å². The molecule has 0 radical (unpaired) electrons. The van der Waals surface area contributed by atoms with Gasteiger partial charge in [0.1, 0.15) is 0 Å². The van der Waals surface area contributed by atoms with Gasteiger partial charge in [-0.05, 0) is 55.0 Å². The van der Waals surface area contributed by atoms with Gasteiger partial charge in [-0.25, -0.2) is 23.1 Å². The summed E-state index contributed by atoms with van der Waals surface area (Å²) in [6.45, 7) is 0.711. The first-order chi connectivity index (χ1) is 17.8. The number of amides is 1. The number of benzene rings is 2. The molecular formula is C28H33ClN4O3S. The maximum Gasteiger partial charge on any atom is 0.268 e. The van der Waals surface area contributed by atoms with E-state index in [2.05, 4.69) is 21.8 Å². The van der Waals surface area contributed by atoms with Gasteiger partial charge in [0.2, 0.25) is 5.95 Å². The molecule has 1 heterocycles. The zero-order valence-electron chi connectivity index (χ0n) is 21.1.